The van der Waals surface area contributed by atoms with Crippen molar-refractivity contribution in [2.45, 2.75) is 0 Å². The van der Waals surface area contributed by atoms with Crippen LogP contribution in [0.15, 0.2) is 47.6 Å². The number of rotatable bonds is 2. The second-order valence-electron chi connectivity index (χ2n) is 2.97. The molecule has 1 amide bonds. The molecule has 2 aromatic rings. The molecule has 16 heavy (non-hydrogen) atoms. The van der Waals surface area contributed by atoms with Gasteiger partial charge in [-0.25, -0.2) is 9.48 Å². The second kappa shape index (κ2) is 4.33. The molecule has 0 N–H and O–H groups in total. The van der Waals surface area contributed by atoms with Crippen LogP contribution in [0.5, 0.6) is 0 Å². The highest BCUT2D eigenvalue weighted by atomic mass is 16.2. The van der Waals surface area contributed by atoms with E-state index in [1.807, 2.05) is 18.2 Å². The molecule has 2 rings (SSSR count). The van der Waals surface area contributed by atoms with Gasteiger partial charge in [0.25, 0.3) is 0 Å². The standard InChI is InChI=1S/C11H7N3O2/c15-8-12-11(16)10-6-7-13-14(10)9-4-2-1-3-5-9/h1-7H. The average molecular weight is 213 g/mol. The Labute approximate surface area is 91.0 Å². The third kappa shape index (κ3) is 1.80. The minimum Gasteiger partial charge on any atom is -0.264 e. The van der Waals surface area contributed by atoms with Gasteiger partial charge in [0.1, 0.15) is 5.69 Å². The van der Waals surface area contributed by atoms with Crippen molar-refractivity contribution in [3.63, 3.8) is 0 Å². The highest BCUT2D eigenvalue weighted by Crippen LogP contribution is 2.10. The largest absolute Gasteiger partial charge is 0.306 e. The van der Waals surface area contributed by atoms with Gasteiger partial charge in [0, 0.05) is 0 Å². The lowest BCUT2D eigenvalue weighted by Gasteiger charge is -2.03. The maximum absolute atomic E-state index is 11.4. The second-order valence-corrected chi connectivity index (χ2v) is 2.97. The maximum Gasteiger partial charge on any atom is 0.306 e. The van der Waals surface area contributed by atoms with Crippen molar-refractivity contribution in [1.82, 2.24) is 9.78 Å². The van der Waals surface area contributed by atoms with Crippen LogP contribution in [0.3, 0.4) is 0 Å². The van der Waals surface area contributed by atoms with Crippen LogP contribution in [0, 0.1) is 0 Å². The first-order valence-electron chi connectivity index (χ1n) is 4.54. The van der Waals surface area contributed by atoms with Gasteiger partial charge in [-0.1, -0.05) is 18.2 Å². The number of amides is 1. The van der Waals surface area contributed by atoms with E-state index in [9.17, 15) is 9.59 Å². The third-order valence-corrected chi connectivity index (χ3v) is 2.01. The molecule has 5 heteroatoms. The first-order chi connectivity index (χ1) is 7.83. The van der Waals surface area contributed by atoms with Crippen molar-refractivity contribution < 1.29 is 9.59 Å². The molecule has 0 aliphatic heterocycles. The average Bonchev–Trinajstić information content (AvgIpc) is 2.79. The topological polar surface area (TPSA) is 64.3 Å². The summed E-state index contributed by atoms with van der Waals surface area (Å²) in [7, 11) is 0. The van der Waals surface area contributed by atoms with E-state index in [0.29, 0.717) is 0 Å². The number of para-hydroxylation sites is 1. The lowest BCUT2D eigenvalue weighted by Crippen LogP contribution is -2.06. The molecule has 78 valence electrons. The molecule has 0 saturated carbocycles. The van der Waals surface area contributed by atoms with Crippen LogP contribution in [0.2, 0.25) is 0 Å². The van der Waals surface area contributed by atoms with Crippen LogP contribution in [-0.4, -0.2) is 21.8 Å². The summed E-state index contributed by atoms with van der Waals surface area (Å²) in [4.78, 5) is 24.5. The fraction of sp³-hybridized carbons (Fsp3) is 0. The summed E-state index contributed by atoms with van der Waals surface area (Å²) in [5.74, 6) is -0.656. The molecule has 0 fully saturated rings. The molecule has 1 aromatic carbocycles. The number of benzene rings is 1. The molecule has 0 spiro atoms. The summed E-state index contributed by atoms with van der Waals surface area (Å²) in [5, 5.41) is 4.00. The number of aromatic nitrogens is 2. The fourth-order valence-corrected chi connectivity index (χ4v) is 1.34. The van der Waals surface area contributed by atoms with E-state index in [-0.39, 0.29) is 5.69 Å². The van der Waals surface area contributed by atoms with Gasteiger partial charge in [0.05, 0.1) is 11.9 Å². The van der Waals surface area contributed by atoms with E-state index < -0.39 is 5.91 Å². The van der Waals surface area contributed by atoms with Gasteiger partial charge < -0.3 is 0 Å². The number of hydrogen-bond acceptors (Lipinski definition) is 3. The van der Waals surface area contributed by atoms with E-state index in [1.54, 1.807) is 12.1 Å². The molecular formula is C11H7N3O2. The Bertz CT molecular complexity index is 554. The van der Waals surface area contributed by atoms with E-state index in [2.05, 4.69) is 10.1 Å². The zero-order chi connectivity index (χ0) is 11.4. The van der Waals surface area contributed by atoms with Gasteiger partial charge in [0.2, 0.25) is 6.08 Å². The minimum atomic E-state index is -0.656. The van der Waals surface area contributed by atoms with Gasteiger partial charge in [-0.15, -0.1) is 4.99 Å². The number of aliphatic imine (C=N–C) groups is 1. The predicted molar refractivity (Wildman–Crippen MR) is 56.0 cm³/mol. The zero-order valence-corrected chi connectivity index (χ0v) is 8.20. The number of carbonyl (C=O) groups excluding carboxylic acids is 2. The molecule has 0 aliphatic carbocycles. The van der Waals surface area contributed by atoms with Crippen molar-refractivity contribution in [2.75, 3.05) is 0 Å². The first-order valence-corrected chi connectivity index (χ1v) is 4.54. The predicted octanol–water partition coefficient (Wildman–Crippen LogP) is 1.35. The highest BCUT2D eigenvalue weighted by Gasteiger charge is 2.11. The summed E-state index contributed by atoms with van der Waals surface area (Å²) in [6.45, 7) is 0. The summed E-state index contributed by atoms with van der Waals surface area (Å²) in [6.07, 6.45) is 2.69. The van der Waals surface area contributed by atoms with Crippen LogP contribution in [0.1, 0.15) is 10.5 Å². The minimum absolute atomic E-state index is 0.231. The van der Waals surface area contributed by atoms with Crippen LogP contribution in [-0.2, 0) is 4.79 Å². The smallest absolute Gasteiger partial charge is 0.264 e. The molecule has 1 heterocycles. The third-order valence-electron chi connectivity index (χ3n) is 2.01. The summed E-state index contributed by atoms with van der Waals surface area (Å²) in [6, 6.07) is 10.6. The number of isocyanates is 1. The van der Waals surface area contributed by atoms with Gasteiger partial charge >= 0.3 is 5.91 Å². The van der Waals surface area contributed by atoms with Crippen molar-refractivity contribution in [3.05, 3.63) is 48.3 Å². The number of carbonyl (C=O) groups is 1. The van der Waals surface area contributed by atoms with Gasteiger partial charge in [-0.2, -0.15) is 5.10 Å². The van der Waals surface area contributed by atoms with Crippen molar-refractivity contribution in [3.8, 4) is 5.69 Å². The molecular weight excluding hydrogens is 206 g/mol. The summed E-state index contributed by atoms with van der Waals surface area (Å²) in [5.41, 5.74) is 0.964. The first kappa shape index (κ1) is 10.0. The Kier molecular flexibility index (Phi) is 2.71. The van der Waals surface area contributed by atoms with Crippen LogP contribution < -0.4 is 0 Å². The molecule has 0 atom stereocenters. The summed E-state index contributed by atoms with van der Waals surface area (Å²) >= 11 is 0. The number of nitrogens with zero attached hydrogens (tertiary/aromatic N) is 3. The lowest BCUT2D eigenvalue weighted by molar-refractivity contribution is 0.0995. The molecule has 0 bridgehead atoms. The van der Waals surface area contributed by atoms with E-state index in [4.69, 9.17) is 0 Å². The fourth-order valence-electron chi connectivity index (χ4n) is 1.34. The monoisotopic (exact) mass is 213 g/mol. The molecule has 0 radical (unpaired) electrons. The maximum atomic E-state index is 11.4. The Morgan fingerprint density at radius 3 is 2.69 bits per heavy atom. The van der Waals surface area contributed by atoms with Gasteiger partial charge in [0.15, 0.2) is 0 Å². The Balaban J connectivity index is 2.48. The summed E-state index contributed by atoms with van der Waals surface area (Å²) < 4.78 is 1.42. The quantitative estimate of drug-likeness (QED) is 0.558. The molecule has 0 aliphatic rings. The van der Waals surface area contributed by atoms with Gasteiger partial charge in [-0.3, -0.25) is 4.79 Å². The van der Waals surface area contributed by atoms with E-state index in [0.717, 1.165) is 5.69 Å². The van der Waals surface area contributed by atoms with Crippen molar-refractivity contribution >= 4 is 12.0 Å². The van der Waals surface area contributed by atoms with E-state index >= 15 is 0 Å². The number of hydrogen-bond donors (Lipinski definition) is 0. The molecule has 1 aromatic heterocycles. The van der Waals surface area contributed by atoms with Crippen LogP contribution in [0.4, 0.5) is 0 Å². The Morgan fingerprint density at radius 1 is 1.25 bits per heavy atom. The Morgan fingerprint density at radius 2 is 2.00 bits per heavy atom. The molecule has 0 unspecified atom stereocenters. The van der Waals surface area contributed by atoms with Gasteiger partial charge in [-0.05, 0) is 18.2 Å². The lowest BCUT2D eigenvalue weighted by atomic mass is 10.3. The Hall–Kier alpha value is -2.52. The molecule has 0 saturated heterocycles. The van der Waals surface area contributed by atoms with Crippen molar-refractivity contribution in [2.24, 2.45) is 4.99 Å². The molecule has 5 nitrogen and oxygen atoms in total. The SMILES string of the molecule is O=C=NC(=O)c1ccnn1-c1ccccc1. The highest BCUT2D eigenvalue weighted by molar-refractivity contribution is 5.96. The zero-order valence-electron chi connectivity index (χ0n) is 8.20. The van der Waals surface area contributed by atoms with Crippen LogP contribution in [0.25, 0.3) is 5.69 Å². The van der Waals surface area contributed by atoms with Crippen molar-refractivity contribution in [1.29, 1.82) is 0 Å². The van der Waals surface area contributed by atoms with Crippen LogP contribution >= 0.6 is 0 Å². The van der Waals surface area contributed by atoms with E-state index in [1.165, 1.54) is 23.0 Å². The normalized spacial score (nSPS) is 9.50.